The SMILES string of the molecule is COc1ccccc1OCCSc1nnc(-c2ccc(Cl)cc2)n1C. The van der Waals surface area contributed by atoms with Crippen molar-refractivity contribution in [2.24, 2.45) is 7.05 Å². The van der Waals surface area contributed by atoms with E-state index in [4.69, 9.17) is 21.1 Å². The van der Waals surface area contributed by atoms with Crippen LogP contribution in [0.3, 0.4) is 0 Å². The van der Waals surface area contributed by atoms with Gasteiger partial charge in [-0.25, -0.2) is 0 Å². The monoisotopic (exact) mass is 375 g/mol. The van der Waals surface area contributed by atoms with Crippen LogP contribution in [0.4, 0.5) is 0 Å². The molecule has 0 unspecified atom stereocenters. The molecular formula is C18H18ClN3O2S. The minimum Gasteiger partial charge on any atom is -0.493 e. The Morgan fingerprint density at radius 1 is 1.04 bits per heavy atom. The van der Waals surface area contributed by atoms with Crippen LogP contribution in [0.15, 0.2) is 53.7 Å². The van der Waals surface area contributed by atoms with Crippen molar-refractivity contribution >= 4 is 23.4 Å². The molecule has 0 saturated heterocycles. The number of thioether (sulfide) groups is 1. The average Bonchev–Trinajstić information content (AvgIpc) is 3.00. The largest absolute Gasteiger partial charge is 0.493 e. The Kier molecular flexibility index (Phi) is 5.83. The molecule has 0 aliphatic carbocycles. The number of para-hydroxylation sites is 2. The summed E-state index contributed by atoms with van der Waals surface area (Å²) in [4.78, 5) is 0. The second-order valence-electron chi connectivity index (χ2n) is 5.22. The van der Waals surface area contributed by atoms with E-state index in [1.807, 2.05) is 60.1 Å². The number of rotatable bonds is 7. The molecule has 0 saturated carbocycles. The normalized spacial score (nSPS) is 10.7. The maximum atomic E-state index is 5.93. The molecular weight excluding hydrogens is 358 g/mol. The maximum Gasteiger partial charge on any atom is 0.191 e. The van der Waals surface area contributed by atoms with Crippen LogP contribution in [0.25, 0.3) is 11.4 Å². The van der Waals surface area contributed by atoms with Gasteiger partial charge in [0.1, 0.15) is 0 Å². The first-order valence-electron chi connectivity index (χ1n) is 7.73. The molecule has 0 atom stereocenters. The van der Waals surface area contributed by atoms with Crippen LogP contribution >= 0.6 is 23.4 Å². The topological polar surface area (TPSA) is 49.2 Å². The minimum absolute atomic E-state index is 0.550. The van der Waals surface area contributed by atoms with Crippen molar-refractivity contribution in [3.63, 3.8) is 0 Å². The second kappa shape index (κ2) is 8.27. The van der Waals surface area contributed by atoms with Gasteiger partial charge in [0.25, 0.3) is 0 Å². The van der Waals surface area contributed by atoms with Crippen molar-refractivity contribution in [2.75, 3.05) is 19.5 Å². The third-order valence-electron chi connectivity index (χ3n) is 3.58. The van der Waals surface area contributed by atoms with E-state index >= 15 is 0 Å². The van der Waals surface area contributed by atoms with Crippen LogP contribution in [0.5, 0.6) is 11.5 Å². The van der Waals surface area contributed by atoms with Crippen LogP contribution in [0.1, 0.15) is 0 Å². The molecule has 0 bridgehead atoms. The lowest BCUT2D eigenvalue weighted by molar-refractivity contribution is 0.313. The van der Waals surface area contributed by atoms with Gasteiger partial charge in [-0.3, -0.25) is 0 Å². The van der Waals surface area contributed by atoms with Crippen molar-refractivity contribution in [2.45, 2.75) is 5.16 Å². The molecule has 0 aliphatic heterocycles. The Morgan fingerprint density at radius 3 is 2.48 bits per heavy atom. The predicted octanol–water partition coefficient (Wildman–Crippen LogP) is 4.32. The van der Waals surface area contributed by atoms with E-state index in [0.29, 0.717) is 11.6 Å². The summed E-state index contributed by atoms with van der Waals surface area (Å²) in [5, 5.41) is 10.1. The van der Waals surface area contributed by atoms with Crippen molar-refractivity contribution in [1.29, 1.82) is 0 Å². The minimum atomic E-state index is 0.550. The molecule has 2 aromatic carbocycles. The summed E-state index contributed by atoms with van der Waals surface area (Å²) in [7, 11) is 3.59. The lowest BCUT2D eigenvalue weighted by Gasteiger charge is -2.09. The Balaban J connectivity index is 1.58. The first-order chi connectivity index (χ1) is 12.2. The summed E-state index contributed by atoms with van der Waals surface area (Å²) in [6, 6.07) is 15.2. The van der Waals surface area contributed by atoms with Gasteiger partial charge in [-0.05, 0) is 36.4 Å². The molecule has 3 aromatic rings. The maximum absolute atomic E-state index is 5.93. The molecule has 5 nitrogen and oxygen atoms in total. The van der Waals surface area contributed by atoms with E-state index in [2.05, 4.69) is 10.2 Å². The Bertz CT molecular complexity index is 837. The first kappa shape index (κ1) is 17.6. The number of ether oxygens (including phenoxy) is 2. The van der Waals surface area contributed by atoms with Gasteiger partial charge in [0.05, 0.1) is 13.7 Å². The molecule has 0 spiro atoms. The zero-order valence-corrected chi connectivity index (χ0v) is 15.5. The van der Waals surface area contributed by atoms with Crippen molar-refractivity contribution < 1.29 is 9.47 Å². The van der Waals surface area contributed by atoms with Gasteiger partial charge in [0.2, 0.25) is 0 Å². The highest BCUT2D eigenvalue weighted by atomic mass is 35.5. The van der Waals surface area contributed by atoms with Crippen molar-refractivity contribution in [1.82, 2.24) is 14.8 Å². The number of halogens is 1. The van der Waals surface area contributed by atoms with Crippen LogP contribution in [0.2, 0.25) is 5.02 Å². The smallest absolute Gasteiger partial charge is 0.191 e. The Hall–Kier alpha value is -2.18. The lowest BCUT2D eigenvalue weighted by Crippen LogP contribution is -2.03. The second-order valence-corrected chi connectivity index (χ2v) is 6.72. The van der Waals surface area contributed by atoms with Crippen LogP contribution < -0.4 is 9.47 Å². The van der Waals surface area contributed by atoms with E-state index in [1.54, 1.807) is 18.9 Å². The van der Waals surface area contributed by atoms with Crippen LogP contribution in [-0.4, -0.2) is 34.2 Å². The summed E-state index contributed by atoms with van der Waals surface area (Å²) < 4.78 is 13.0. The molecule has 1 heterocycles. The van der Waals surface area contributed by atoms with Gasteiger partial charge in [0.15, 0.2) is 22.5 Å². The molecule has 0 N–H and O–H groups in total. The van der Waals surface area contributed by atoms with Crippen molar-refractivity contribution in [3.8, 4) is 22.9 Å². The van der Waals surface area contributed by atoms with Gasteiger partial charge < -0.3 is 14.0 Å². The molecule has 0 amide bonds. The fraction of sp³-hybridized carbons (Fsp3) is 0.222. The fourth-order valence-corrected chi connectivity index (χ4v) is 3.17. The molecule has 130 valence electrons. The quantitative estimate of drug-likeness (QED) is 0.454. The zero-order valence-electron chi connectivity index (χ0n) is 14.0. The van der Waals surface area contributed by atoms with E-state index in [0.717, 1.165) is 33.8 Å². The number of nitrogens with zero attached hydrogens (tertiary/aromatic N) is 3. The summed E-state index contributed by atoms with van der Waals surface area (Å²) in [6.45, 7) is 0.550. The zero-order chi connectivity index (χ0) is 17.6. The van der Waals surface area contributed by atoms with E-state index in [9.17, 15) is 0 Å². The Labute approximate surface area is 155 Å². The molecule has 3 rings (SSSR count). The highest BCUT2D eigenvalue weighted by Gasteiger charge is 2.11. The van der Waals surface area contributed by atoms with E-state index < -0.39 is 0 Å². The van der Waals surface area contributed by atoms with Gasteiger partial charge in [-0.2, -0.15) is 0 Å². The predicted molar refractivity (Wildman–Crippen MR) is 101 cm³/mol. The Morgan fingerprint density at radius 2 is 1.76 bits per heavy atom. The molecule has 1 aromatic heterocycles. The number of benzene rings is 2. The molecule has 0 aliphatic rings. The summed E-state index contributed by atoms with van der Waals surface area (Å²) >= 11 is 7.53. The van der Waals surface area contributed by atoms with E-state index in [1.165, 1.54) is 0 Å². The highest BCUT2D eigenvalue weighted by molar-refractivity contribution is 7.99. The highest BCUT2D eigenvalue weighted by Crippen LogP contribution is 2.27. The summed E-state index contributed by atoms with van der Waals surface area (Å²) in [5.41, 5.74) is 0.983. The fourth-order valence-electron chi connectivity index (χ4n) is 2.31. The molecule has 0 fully saturated rings. The van der Waals surface area contributed by atoms with Gasteiger partial charge in [-0.15, -0.1) is 10.2 Å². The van der Waals surface area contributed by atoms with E-state index in [-0.39, 0.29) is 0 Å². The average molecular weight is 376 g/mol. The van der Waals surface area contributed by atoms with Gasteiger partial charge >= 0.3 is 0 Å². The van der Waals surface area contributed by atoms with Crippen molar-refractivity contribution in [3.05, 3.63) is 53.6 Å². The van der Waals surface area contributed by atoms with Crippen LogP contribution in [-0.2, 0) is 7.05 Å². The standard InChI is InChI=1S/C18H18ClN3O2S/c1-22-17(13-7-9-14(19)10-8-13)20-21-18(22)25-12-11-24-16-6-4-3-5-15(16)23-2/h3-10H,11-12H2,1-2H3. The number of methoxy groups -OCH3 is 1. The molecule has 25 heavy (non-hydrogen) atoms. The first-order valence-corrected chi connectivity index (χ1v) is 9.09. The number of aromatic nitrogens is 3. The third kappa shape index (κ3) is 4.27. The lowest BCUT2D eigenvalue weighted by atomic mass is 10.2. The number of hydrogen-bond acceptors (Lipinski definition) is 5. The molecule has 0 radical (unpaired) electrons. The summed E-state index contributed by atoms with van der Waals surface area (Å²) in [5.74, 6) is 3.04. The van der Waals surface area contributed by atoms with Gasteiger partial charge in [-0.1, -0.05) is 35.5 Å². The number of hydrogen-bond donors (Lipinski definition) is 0. The third-order valence-corrected chi connectivity index (χ3v) is 4.81. The van der Waals surface area contributed by atoms with Crippen LogP contribution in [0, 0.1) is 0 Å². The summed E-state index contributed by atoms with van der Waals surface area (Å²) in [6.07, 6.45) is 0. The molecule has 7 heteroatoms. The van der Waals surface area contributed by atoms with Gasteiger partial charge in [0, 0.05) is 23.4 Å².